The topological polar surface area (TPSA) is 45.2 Å². The fourth-order valence-corrected chi connectivity index (χ4v) is 2.78. The summed E-state index contributed by atoms with van der Waals surface area (Å²) >= 11 is 0. The van der Waals surface area contributed by atoms with Crippen LogP contribution in [0.3, 0.4) is 0 Å². The zero-order chi connectivity index (χ0) is 15.3. The maximum absolute atomic E-state index is 12.8. The maximum Gasteiger partial charge on any atom is 0.257 e. The molecule has 2 rings (SSSR count). The Balaban J connectivity index is 2.12. The minimum atomic E-state index is 0.111. The summed E-state index contributed by atoms with van der Waals surface area (Å²) in [5.74, 6) is 0.111. The second kappa shape index (κ2) is 6.92. The molecule has 4 nitrogen and oxygen atoms in total. The number of hydrogen-bond donors (Lipinski definition) is 1. The van der Waals surface area contributed by atoms with Crippen LogP contribution < -0.4 is 5.32 Å². The second-order valence-corrected chi connectivity index (χ2v) is 6.66. The molecular weight excluding hydrogens is 262 g/mol. The van der Waals surface area contributed by atoms with Gasteiger partial charge in [0.2, 0.25) is 0 Å². The van der Waals surface area contributed by atoms with Gasteiger partial charge in [0.1, 0.15) is 0 Å². The normalized spacial score (nSPS) is 18.1. The number of likely N-dealkylation sites (tertiary alicyclic amines) is 1. The van der Waals surface area contributed by atoms with Crippen molar-refractivity contribution >= 4 is 11.6 Å². The lowest BCUT2D eigenvalue weighted by Crippen LogP contribution is -2.33. The fraction of sp³-hybridized carbons (Fsp3) is 0.647. The van der Waals surface area contributed by atoms with Gasteiger partial charge in [0.05, 0.1) is 11.3 Å². The second-order valence-electron chi connectivity index (χ2n) is 6.66. The highest BCUT2D eigenvalue weighted by molar-refractivity contribution is 5.99. The maximum atomic E-state index is 12.8. The van der Waals surface area contributed by atoms with Crippen LogP contribution in [0.5, 0.6) is 0 Å². The Kier molecular flexibility index (Phi) is 5.21. The third-order valence-corrected chi connectivity index (χ3v) is 4.24. The Morgan fingerprint density at radius 3 is 2.95 bits per heavy atom. The molecule has 1 aromatic heterocycles. The van der Waals surface area contributed by atoms with Crippen LogP contribution in [0.15, 0.2) is 18.5 Å². The van der Waals surface area contributed by atoms with Crippen molar-refractivity contribution in [2.24, 2.45) is 5.41 Å². The van der Waals surface area contributed by atoms with Gasteiger partial charge in [0.15, 0.2) is 0 Å². The van der Waals surface area contributed by atoms with Gasteiger partial charge < -0.3 is 10.2 Å². The predicted molar refractivity (Wildman–Crippen MR) is 86.6 cm³/mol. The lowest BCUT2D eigenvalue weighted by atomic mass is 9.85. The Labute approximate surface area is 127 Å². The molecule has 0 bridgehead atoms. The van der Waals surface area contributed by atoms with Gasteiger partial charge in [-0.05, 0) is 37.2 Å². The van der Waals surface area contributed by atoms with Crippen LogP contribution >= 0.6 is 0 Å². The van der Waals surface area contributed by atoms with E-state index in [4.69, 9.17) is 0 Å². The van der Waals surface area contributed by atoms with Crippen molar-refractivity contribution in [3.05, 3.63) is 24.0 Å². The summed E-state index contributed by atoms with van der Waals surface area (Å²) in [6, 6.07) is 1.89. The fourth-order valence-electron chi connectivity index (χ4n) is 2.78. The molecule has 0 spiro atoms. The van der Waals surface area contributed by atoms with Gasteiger partial charge in [-0.25, -0.2) is 0 Å². The molecule has 0 aromatic carbocycles. The highest BCUT2D eigenvalue weighted by Crippen LogP contribution is 2.30. The third kappa shape index (κ3) is 4.19. The summed E-state index contributed by atoms with van der Waals surface area (Å²) < 4.78 is 0. The molecule has 116 valence electrons. The van der Waals surface area contributed by atoms with Crippen molar-refractivity contribution in [3.63, 3.8) is 0 Å². The van der Waals surface area contributed by atoms with E-state index in [9.17, 15) is 4.79 Å². The molecule has 0 atom stereocenters. The van der Waals surface area contributed by atoms with Crippen molar-refractivity contribution in [1.29, 1.82) is 0 Å². The quantitative estimate of drug-likeness (QED) is 0.922. The molecule has 1 aliphatic rings. The van der Waals surface area contributed by atoms with Crippen LogP contribution in [0.1, 0.15) is 56.8 Å². The summed E-state index contributed by atoms with van der Waals surface area (Å²) in [4.78, 5) is 18.9. The monoisotopic (exact) mass is 289 g/mol. The van der Waals surface area contributed by atoms with Crippen molar-refractivity contribution < 1.29 is 4.79 Å². The van der Waals surface area contributed by atoms with E-state index in [2.05, 4.69) is 31.1 Å². The van der Waals surface area contributed by atoms with Crippen LogP contribution in [-0.2, 0) is 0 Å². The van der Waals surface area contributed by atoms with E-state index >= 15 is 0 Å². The van der Waals surface area contributed by atoms with Gasteiger partial charge in [-0.3, -0.25) is 9.78 Å². The van der Waals surface area contributed by atoms with Gasteiger partial charge in [-0.2, -0.15) is 0 Å². The molecule has 1 aromatic rings. The number of carbonyl (C=O) groups is 1. The van der Waals surface area contributed by atoms with Gasteiger partial charge in [0.25, 0.3) is 5.91 Å². The lowest BCUT2D eigenvalue weighted by molar-refractivity contribution is 0.0758. The molecule has 0 saturated carbocycles. The number of nitrogens with zero attached hydrogens (tertiary/aromatic N) is 2. The smallest absolute Gasteiger partial charge is 0.257 e. The number of rotatable bonds is 4. The molecule has 21 heavy (non-hydrogen) atoms. The number of pyridine rings is 1. The molecule has 2 heterocycles. The lowest BCUT2D eigenvalue weighted by Gasteiger charge is -2.24. The third-order valence-electron chi connectivity index (χ3n) is 4.24. The van der Waals surface area contributed by atoms with Crippen LogP contribution in [-0.4, -0.2) is 35.4 Å². The standard InChI is InChI=1S/C17H27N3O/c1-4-9-19-15-6-10-18-13-14(15)16(21)20-11-5-7-17(2,3)8-12-20/h6,10,13H,4-5,7-9,11-12H2,1-3H3,(H,18,19). The van der Waals surface area contributed by atoms with Crippen LogP contribution in [0.25, 0.3) is 0 Å². The number of hydrogen-bond acceptors (Lipinski definition) is 3. The van der Waals surface area contributed by atoms with E-state index < -0.39 is 0 Å². The average Bonchev–Trinajstić information content (AvgIpc) is 2.65. The van der Waals surface area contributed by atoms with Crippen LogP contribution in [0, 0.1) is 5.41 Å². The molecule has 0 unspecified atom stereocenters. The molecule has 1 saturated heterocycles. The summed E-state index contributed by atoms with van der Waals surface area (Å²) in [6.45, 7) is 9.26. The SMILES string of the molecule is CCCNc1ccncc1C(=O)N1CCCC(C)(C)CC1. The van der Waals surface area contributed by atoms with Gasteiger partial charge >= 0.3 is 0 Å². The summed E-state index contributed by atoms with van der Waals surface area (Å²) in [7, 11) is 0. The Morgan fingerprint density at radius 2 is 2.19 bits per heavy atom. The summed E-state index contributed by atoms with van der Waals surface area (Å²) in [6.07, 6.45) is 7.79. The molecule has 0 radical (unpaired) electrons. The molecular formula is C17H27N3O. The van der Waals surface area contributed by atoms with E-state index in [1.165, 1.54) is 6.42 Å². The summed E-state index contributed by atoms with van der Waals surface area (Å²) in [5, 5.41) is 3.33. The van der Waals surface area contributed by atoms with E-state index in [0.29, 0.717) is 11.0 Å². The van der Waals surface area contributed by atoms with Gasteiger partial charge in [-0.1, -0.05) is 20.8 Å². The van der Waals surface area contributed by atoms with E-state index in [0.717, 1.165) is 44.6 Å². The summed E-state index contributed by atoms with van der Waals surface area (Å²) in [5.41, 5.74) is 1.94. The zero-order valence-electron chi connectivity index (χ0n) is 13.5. The van der Waals surface area contributed by atoms with Gasteiger partial charge in [-0.15, -0.1) is 0 Å². The minimum absolute atomic E-state index is 0.111. The highest BCUT2D eigenvalue weighted by Gasteiger charge is 2.26. The average molecular weight is 289 g/mol. The van der Waals surface area contributed by atoms with E-state index in [1.54, 1.807) is 12.4 Å². The molecule has 4 heteroatoms. The van der Waals surface area contributed by atoms with E-state index in [-0.39, 0.29) is 5.91 Å². The van der Waals surface area contributed by atoms with E-state index in [1.807, 2.05) is 11.0 Å². The minimum Gasteiger partial charge on any atom is -0.384 e. The Morgan fingerprint density at radius 1 is 1.38 bits per heavy atom. The number of aromatic nitrogens is 1. The van der Waals surface area contributed by atoms with Crippen molar-refractivity contribution in [1.82, 2.24) is 9.88 Å². The number of anilines is 1. The first-order valence-corrected chi connectivity index (χ1v) is 8.01. The molecule has 1 amide bonds. The molecule has 1 aliphatic heterocycles. The van der Waals surface area contributed by atoms with Crippen LogP contribution in [0.4, 0.5) is 5.69 Å². The predicted octanol–water partition coefficient (Wildman–Crippen LogP) is 3.56. The Hall–Kier alpha value is -1.58. The van der Waals surface area contributed by atoms with Crippen molar-refractivity contribution in [2.45, 2.75) is 46.5 Å². The number of amides is 1. The molecule has 1 fully saturated rings. The largest absolute Gasteiger partial charge is 0.384 e. The number of nitrogens with one attached hydrogen (secondary N) is 1. The first-order chi connectivity index (χ1) is 10.0. The molecule has 1 N–H and O–H groups in total. The zero-order valence-corrected chi connectivity index (χ0v) is 13.5. The van der Waals surface area contributed by atoms with Crippen LogP contribution in [0.2, 0.25) is 0 Å². The first kappa shape index (κ1) is 15.8. The Bertz CT molecular complexity index is 485. The van der Waals surface area contributed by atoms with Gasteiger partial charge in [0, 0.05) is 32.0 Å². The highest BCUT2D eigenvalue weighted by atomic mass is 16.2. The van der Waals surface area contributed by atoms with Crippen molar-refractivity contribution in [3.8, 4) is 0 Å². The number of carbonyl (C=O) groups excluding carboxylic acids is 1. The first-order valence-electron chi connectivity index (χ1n) is 8.01. The van der Waals surface area contributed by atoms with Crippen molar-refractivity contribution in [2.75, 3.05) is 25.0 Å². The molecule has 0 aliphatic carbocycles.